The average Bonchev–Trinajstić information content (AvgIpc) is 2.32. The van der Waals surface area contributed by atoms with Crippen LogP contribution in [-0.4, -0.2) is 11.9 Å². The van der Waals surface area contributed by atoms with Crippen molar-refractivity contribution in [3.63, 3.8) is 0 Å². The van der Waals surface area contributed by atoms with Gasteiger partial charge >= 0.3 is 0 Å². The van der Waals surface area contributed by atoms with Crippen molar-refractivity contribution < 1.29 is 4.79 Å². The topological polar surface area (TPSA) is 29.1 Å². The first-order valence-electron chi connectivity index (χ1n) is 6.32. The maximum atomic E-state index is 12.2. The van der Waals surface area contributed by atoms with Crippen LogP contribution < -0.4 is 5.32 Å². The van der Waals surface area contributed by atoms with E-state index in [9.17, 15) is 4.79 Å². The summed E-state index contributed by atoms with van der Waals surface area (Å²) >= 11 is 8.11. The summed E-state index contributed by atoms with van der Waals surface area (Å²) in [7, 11) is 0. The Morgan fingerprint density at radius 2 is 2.22 bits per heavy atom. The summed E-state index contributed by atoms with van der Waals surface area (Å²) in [6.07, 6.45) is 4.66. The van der Waals surface area contributed by atoms with Gasteiger partial charge in [0, 0.05) is 14.6 Å². The third-order valence-electron chi connectivity index (χ3n) is 3.44. The summed E-state index contributed by atoms with van der Waals surface area (Å²) in [5.41, 5.74) is 0.682. The van der Waals surface area contributed by atoms with E-state index in [2.05, 4.69) is 34.8 Å². The molecule has 1 saturated carbocycles. The van der Waals surface area contributed by atoms with Gasteiger partial charge in [-0.15, -0.1) is 0 Å². The van der Waals surface area contributed by atoms with Crippen LogP contribution in [0.1, 0.15) is 43.0 Å². The van der Waals surface area contributed by atoms with Crippen molar-refractivity contribution >= 4 is 40.1 Å². The quantitative estimate of drug-likeness (QED) is 0.767. The van der Waals surface area contributed by atoms with Gasteiger partial charge in [0.25, 0.3) is 5.91 Å². The van der Waals surface area contributed by atoms with Crippen LogP contribution in [0.4, 0.5) is 0 Å². The molecule has 0 radical (unpaired) electrons. The van der Waals surface area contributed by atoms with E-state index in [0.717, 1.165) is 16.4 Å². The lowest BCUT2D eigenvalue weighted by Crippen LogP contribution is -2.38. The molecular formula is C14H17ClINO. The number of halogens is 2. The number of benzene rings is 1. The molecule has 0 bridgehead atoms. The largest absolute Gasteiger partial charge is 0.349 e. The van der Waals surface area contributed by atoms with E-state index in [1.165, 1.54) is 12.8 Å². The fourth-order valence-electron chi connectivity index (χ4n) is 2.50. The molecule has 0 aliphatic heterocycles. The van der Waals surface area contributed by atoms with Crippen molar-refractivity contribution in [3.8, 4) is 0 Å². The highest BCUT2D eigenvalue weighted by Crippen LogP contribution is 2.24. The van der Waals surface area contributed by atoms with Crippen LogP contribution in [0.25, 0.3) is 0 Å². The molecular weight excluding hydrogens is 361 g/mol. The Hall–Kier alpha value is -0.290. The first-order chi connectivity index (χ1) is 8.56. The van der Waals surface area contributed by atoms with Gasteiger partial charge in [-0.3, -0.25) is 4.79 Å². The minimum absolute atomic E-state index is 0.000926. The molecule has 1 aliphatic carbocycles. The number of hydrogen-bond acceptors (Lipinski definition) is 1. The van der Waals surface area contributed by atoms with E-state index >= 15 is 0 Å². The normalized spacial score (nSPS) is 23.7. The molecule has 1 aromatic carbocycles. The molecule has 98 valence electrons. The highest BCUT2D eigenvalue weighted by Gasteiger charge is 2.21. The number of rotatable bonds is 2. The number of hydrogen-bond donors (Lipinski definition) is 1. The van der Waals surface area contributed by atoms with E-state index in [4.69, 9.17) is 11.6 Å². The van der Waals surface area contributed by atoms with Gasteiger partial charge in [0.05, 0.1) is 5.56 Å². The number of carbonyl (C=O) groups is 1. The summed E-state index contributed by atoms with van der Waals surface area (Å²) in [5, 5.41) is 3.74. The Kier molecular flexibility index (Phi) is 4.90. The SMILES string of the molecule is CC1CCCC(NC(=O)c2cc(Cl)ccc2I)C1. The lowest BCUT2D eigenvalue weighted by molar-refractivity contribution is 0.0920. The van der Waals surface area contributed by atoms with E-state index in [0.29, 0.717) is 22.5 Å². The third kappa shape index (κ3) is 3.60. The van der Waals surface area contributed by atoms with Gasteiger partial charge in [-0.2, -0.15) is 0 Å². The second-order valence-electron chi connectivity index (χ2n) is 5.07. The lowest BCUT2D eigenvalue weighted by Gasteiger charge is -2.27. The fourth-order valence-corrected chi connectivity index (χ4v) is 3.25. The molecule has 1 amide bonds. The van der Waals surface area contributed by atoms with Gasteiger partial charge in [-0.05, 0) is 59.5 Å². The van der Waals surface area contributed by atoms with Crippen molar-refractivity contribution in [2.45, 2.75) is 38.6 Å². The van der Waals surface area contributed by atoms with Crippen LogP contribution in [-0.2, 0) is 0 Å². The molecule has 2 unspecified atom stereocenters. The van der Waals surface area contributed by atoms with E-state index < -0.39 is 0 Å². The van der Waals surface area contributed by atoms with Crippen molar-refractivity contribution in [2.75, 3.05) is 0 Å². The predicted molar refractivity (Wildman–Crippen MR) is 83.1 cm³/mol. The Balaban J connectivity index is 2.05. The average molecular weight is 378 g/mol. The zero-order valence-electron chi connectivity index (χ0n) is 10.4. The number of amides is 1. The van der Waals surface area contributed by atoms with Gasteiger partial charge in [-0.25, -0.2) is 0 Å². The number of carbonyl (C=O) groups excluding carboxylic acids is 1. The Morgan fingerprint density at radius 1 is 1.44 bits per heavy atom. The van der Waals surface area contributed by atoms with Crippen LogP contribution in [0, 0.1) is 9.49 Å². The van der Waals surface area contributed by atoms with Crippen LogP contribution in [0.2, 0.25) is 5.02 Å². The first-order valence-corrected chi connectivity index (χ1v) is 7.78. The van der Waals surface area contributed by atoms with Crippen LogP contribution in [0.5, 0.6) is 0 Å². The van der Waals surface area contributed by atoms with E-state index in [1.807, 2.05) is 12.1 Å². The Labute approximate surface area is 127 Å². The molecule has 2 atom stereocenters. The molecule has 0 spiro atoms. The third-order valence-corrected chi connectivity index (χ3v) is 4.62. The molecule has 2 nitrogen and oxygen atoms in total. The molecule has 0 saturated heterocycles. The summed E-state index contributed by atoms with van der Waals surface area (Å²) in [6, 6.07) is 5.74. The maximum absolute atomic E-state index is 12.2. The molecule has 1 N–H and O–H groups in total. The van der Waals surface area contributed by atoms with Crippen LogP contribution in [0.3, 0.4) is 0 Å². The molecule has 1 aromatic rings. The van der Waals surface area contributed by atoms with Gasteiger partial charge in [0.1, 0.15) is 0 Å². The minimum atomic E-state index is 0.000926. The van der Waals surface area contributed by atoms with Gasteiger partial charge < -0.3 is 5.32 Å². The maximum Gasteiger partial charge on any atom is 0.252 e. The van der Waals surface area contributed by atoms with Crippen LogP contribution in [0.15, 0.2) is 18.2 Å². The second kappa shape index (κ2) is 6.24. The predicted octanol–water partition coefficient (Wildman–Crippen LogP) is 4.25. The van der Waals surface area contributed by atoms with Gasteiger partial charge in [-0.1, -0.05) is 31.4 Å². The van der Waals surface area contributed by atoms with Crippen molar-refractivity contribution in [3.05, 3.63) is 32.4 Å². The highest BCUT2D eigenvalue weighted by molar-refractivity contribution is 14.1. The summed E-state index contributed by atoms with van der Waals surface area (Å²) in [4.78, 5) is 12.2. The fraction of sp³-hybridized carbons (Fsp3) is 0.500. The molecule has 4 heteroatoms. The molecule has 1 fully saturated rings. The zero-order valence-corrected chi connectivity index (χ0v) is 13.3. The van der Waals surface area contributed by atoms with Gasteiger partial charge in [0.2, 0.25) is 0 Å². The molecule has 18 heavy (non-hydrogen) atoms. The van der Waals surface area contributed by atoms with Crippen LogP contribution >= 0.6 is 34.2 Å². The second-order valence-corrected chi connectivity index (χ2v) is 6.66. The zero-order chi connectivity index (χ0) is 13.1. The summed E-state index contributed by atoms with van der Waals surface area (Å²) < 4.78 is 0.943. The molecule has 0 heterocycles. The monoisotopic (exact) mass is 377 g/mol. The van der Waals surface area contributed by atoms with Crippen molar-refractivity contribution in [1.29, 1.82) is 0 Å². The highest BCUT2D eigenvalue weighted by atomic mass is 127. The van der Waals surface area contributed by atoms with Gasteiger partial charge in [0.15, 0.2) is 0 Å². The standard InChI is InChI=1S/C14H17ClINO/c1-9-3-2-4-11(7-9)17-14(18)12-8-10(15)5-6-13(12)16/h5-6,8-9,11H,2-4,7H2,1H3,(H,17,18). The van der Waals surface area contributed by atoms with Crippen molar-refractivity contribution in [1.82, 2.24) is 5.32 Å². The number of nitrogens with one attached hydrogen (secondary N) is 1. The first kappa shape index (κ1) is 14.1. The minimum Gasteiger partial charge on any atom is -0.349 e. The molecule has 1 aliphatic rings. The van der Waals surface area contributed by atoms with Crippen molar-refractivity contribution in [2.24, 2.45) is 5.92 Å². The lowest BCUT2D eigenvalue weighted by atomic mass is 9.87. The molecule has 2 rings (SSSR count). The van der Waals surface area contributed by atoms with E-state index in [-0.39, 0.29) is 5.91 Å². The Bertz CT molecular complexity index is 449. The van der Waals surface area contributed by atoms with E-state index in [1.54, 1.807) is 6.07 Å². The smallest absolute Gasteiger partial charge is 0.252 e. The molecule has 0 aromatic heterocycles. The summed E-state index contributed by atoms with van der Waals surface area (Å²) in [6.45, 7) is 2.25. The summed E-state index contributed by atoms with van der Waals surface area (Å²) in [5.74, 6) is 0.712. The Morgan fingerprint density at radius 3 is 2.94 bits per heavy atom.